The monoisotopic (exact) mass is 416 g/mol. The molecule has 0 saturated carbocycles. The number of aromatic nitrogens is 1. The standard InChI is InChI=1S/C22H36N6O2/c1-16(2)21-19(26(5)9-8-24-4)13-18(14-23)22(25-21)27-10-11-28(17(3)15-27)20(29)7-12-30-6/h13,16-17,24H,7-12,15H2,1-6H3/t17-/m1/s1. The Hall–Kier alpha value is -2.37. The van der Waals surface area contributed by atoms with Crippen LogP contribution in [0.3, 0.4) is 0 Å². The number of methoxy groups -OCH3 is 1. The van der Waals surface area contributed by atoms with E-state index in [9.17, 15) is 10.1 Å². The Balaban J connectivity index is 2.28. The number of hydrogen-bond acceptors (Lipinski definition) is 7. The molecule has 1 aliphatic heterocycles. The van der Waals surface area contributed by atoms with E-state index >= 15 is 0 Å². The van der Waals surface area contributed by atoms with Gasteiger partial charge in [-0.3, -0.25) is 4.79 Å². The van der Waals surface area contributed by atoms with E-state index in [1.54, 1.807) is 7.11 Å². The van der Waals surface area contributed by atoms with Crippen molar-refractivity contribution < 1.29 is 9.53 Å². The molecule has 0 unspecified atom stereocenters. The third-order valence-electron chi connectivity index (χ3n) is 5.55. The first-order valence-electron chi connectivity index (χ1n) is 10.7. The highest BCUT2D eigenvalue weighted by Gasteiger charge is 2.30. The molecule has 1 aliphatic rings. The molecule has 1 N–H and O–H groups in total. The van der Waals surface area contributed by atoms with E-state index in [2.05, 4.69) is 35.0 Å². The molecule has 1 atom stereocenters. The Morgan fingerprint density at radius 2 is 2.20 bits per heavy atom. The van der Waals surface area contributed by atoms with E-state index in [1.165, 1.54) is 0 Å². The SMILES string of the molecule is CNCCN(C)c1cc(C#N)c(N2CCN(C(=O)CCOC)[C@H](C)C2)nc1C(C)C. The van der Waals surface area contributed by atoms with Crippen molar-refractivity contribution in [3.05, 3.63) is 17.3 Å². The average molecular weight is 417 g/mol. The van der Waals surface area contributed by atoms with Crippen molar-refractivity contribution >= 4 is 17.4 Å². The van der Waals surface area contributed by atoms with Crippen LogP contribution in [0.25, 0.3) is 0 Å². The van der Waals surface area contributed by atoms with Crippen LogP contribution in [0.5, 0.6) is 0 Å². The van der Waals surface area contributed by atoms with Crippen LogP contribution in [0.15, 0.2) is 6.07 Å². The number of amides is 1. The lowest BCUT2D eigenvalue weighted by Crippen LogP contribution is -2.54. The van der Waals surface area contributed by atoms with Crippen LogP contribution in [0.2, 0.25) is 0 Å². The number of nitriles is 1. The van der Waals surface area contributed by atoms with Crippen LogP contribution in [-0.4, -0.2) is 82.4 Å². The van der Waals surface area contributed by atoms with Crippen LogP contribution < -0.4 is 15.1 Å². The summed E-state index contributed by atoms with van der Waals surface area (Å²) < 4.78 is 5.04. The van der Waals surface area contributed by atoms with Crippen LogP contribution in [0.1, 0.15) is 44.4 Å². The Bertz CT molecular complexity index is 761. The normalized spacial score (nSPS) is 16.7. The van der Waals surface area contributed by atoms with Gasteiger partial charge in [0.25, 0.3) is 0 Å². The van der Waals surface area contributed by atoms with Gasteiger partial charge in [-0.05, 0) is 26.0 Å². The molecule has 1 aromatic heterocycles. The minimum Gasteiger partial charge on any atom is -0.384 e. The van der Waals surface area contributed by atoms with Crippen LogP contribution in [-0.2, 0) is 9.53 Å². The fraction of sp³-hybridized carbons (Fsp3) is 0.682. The van der Waals surface area contributed by atoms with Gasteiger partial charge in [-0.1, -0.05) is 13.8 Å². The molecule has 30 heavy (non-hydrogen) atoms. The van der Waals surface area contributed by atoms with E-state index in [-0.39, 0.29) is 17.9 Å². The van der Waals surface area contributed by atoms with Gasteiger partial charge in [0.2, 0.25) is 5.91 Å². The van der Waals surface area contributed by atoms with Gasteiger partial charge in [0.1, 0.15) is 11.9 Å². The Kier molecular flexibility index (Phi) is 8.88. The quantitative estimate of drug-likeness (QED) is 0.657. The summed E-state index contributed by atoms with van der Waals surface area (Å²) in [6.45, 7) is 10.4. The average Bonchev–Trinajstić information content (AvgIpc) is 2.74. The number of anilines is 2. The smallest absolute Gasteiger partial charge is 0.225 e. The second-order valence-corrected chi connectivity index (χ2v) is 8.18. The lowest BCUT2D eigenvalue weighted by Gasteiger charge is -2.41. The Labute approximate surface area is 180 Å². The highest BCUT2D eigenvalue weighted by atomic mass is 16.5. The summed E-state index contributed by atoms with van der Waals surface area (Å²) in [7, 11) is 5.57. The van der Waals surface area contributed by atoms with Crippen molar-refractivity contribution in [1.82, 2.24) is 15.2 Å². The number of carbonyl (C=O) groups excluding carboxylic acids is 1. The predicted molar refractivity (Wildman–Crippen MR) is 120 cm³/mol. The third kappa shape index (κ3) is 5.61. The van der Waals surface area contributed by atoms with Crippen molar-refractivity contribution in [3.8, 4) is 6.07 Å². The van der Waals surface area contributed by atoms with E-state index < -0.39 is 0 Å². The maximum absolute atomic E-state index is 12.4. The van der Waals surface area contributed by atoms with Crippen LogP contribution in [0, 0.1) is 11.3 Å². The number of nitrogens with zero attached hydrogens (tertiary/aromatic N) is 5. The summed E-state index contributed by atoms with van der Waals surface area (Å²) in [5.41, 5.74) is 2.58. The molecule has 1 saturated heterocycles. The summed E-state index contributed by atoms with van der Waals surface area (Å²) in [5.74, 6) is 1.07. The van der Waals surface area contributed by atoms with Gasteiger partial charge >= 0.3 is 0 Å². The van der Waals surface area contributed by atoms with Gasteiger partial charge in [-0.2, -0.15) is 5.26 Å². The largest absolute Gasteiger partial charge is 0.384 e. The number of rotatable bonds is 9. The summed E-state index contributed by atoms with van der Waals surface area (Å²) in [6.07, 6.45) is 0.397. The lowest BCUT2D eigenvalue weighted by molar-refractivity contribution is -0.134. The second-order valence-electron chi connectivity index (χ2n) is 8.18. The zero-order chi connectivity index (χ0) is 22.3. The second kappa shape index (κ2) is 11.1. The fourth-order valence-electron chi connectivity index (χ4n) is 3.81. The molecule has 0 bridgehead atoms. The number of piperazine rings is 1. The number of hydrogen-bond donors (Lipinski definition) is 1. The minimum absolute atomic E-state index is 0.0527. The summed E-state index contributed by atoms with van der Waals surface area (Å²) in [4.78, 5) is 23.6. The van der Waals surface area contributed by atoms with Gasteiger partial charge in [-0.25, -0.2) is 4.98 Å². The Morgan fingerprint density at radius 3 is 2.77 bits per heavy atom. The third-order valence-corrected chi connectivity index (χ3v) is 5.55. The van der Waals surface area contributed by atoms with Gasteiger partial charge in [0, 0.05) is 52.9 Å². The molecule has 0 aromatic carbocycles. The first-order chi connectivity index (χ1) is 14.3. The number of pyridine rings is 1. The van der Waals surface area contributed by atoms with Gasteiger partial charge in [0.15, 0.2) is 0 Å². The van der Waals surface area contributed by atoms with Crippen molar-refractivity contribution in [2.45, 2.75) is 39.2 Å². The lowest BCUT2D eigenvalue weighted by atomic mass is 10.0. The number of carbonyl (C=O) groups is 1. The van der Waals surface area contributed by atoms with Gasteiger partial charge in [0.05, 0.1) is 30.0 Å². The zero-order valence-electron chi connectivity index (χ0n) is 19.2. The zero-order valence-corrected chi connectivity index (χ0v) is 19.2. The molecule has 0 spiro atoms. The van der Waals surface area contributed by atoms with E-state index in [0.717, 1.165) is 30.3 Å². The first kappa shape index (κ1) is 23.9. The van der Waals surface area contributed by atoms with Crippen molar-refractivity contribution in [2.75, 3.05) is 70.3 Å². The topological polar surface area (TPSA) is 84.7 Å². The minimum atomic E-state index is 0.0527. The molecule has 8 nitrogen and oxygen atoms in total. The molecule has 1 fully saturated rings. The number of nitrogens with one attached hydrogen (secondary N) is 1. The highest BCUT2D eigenvalue weighted by Crippen LogP contribution is 2.32. The van der Waals surface area contributed by atoms with Crippen LogP contribution in [0.4, 0.5) is 11.5 Å². The molecule has 166 valence electrons. The van der Waals surface area contributed by atoms with E-state index in [4.69, 9.17) is 9.72 Å². The van der Waals surface area contributed by atoms with Crippen molar-refractivity contribution in [2.24, 2.45) is 0 Å². The first-order valence-corrected chi connectivity index (χ1v) is 10.7. The predicted octanol–water partition coefficient (Wildman–Crippen LogP) is 1.81. The molecule has 1 aromatic rings. The maximum atomic E-state index is 12.4. The molecule has 2 heterocycles. The summed E-state index contributed by atoms with van der Waals surface area (Å²) in [5, 5.41) is 13.0. The molecule has 0 aliphatic carbocycles. The molecular weight excluding hydrogens is 380 g/mol. The summed E-state index contributed by atoms with van der Waals surface area (Å²) >= 11 is 0. The van der Waals surface area contributed by atoms with Crippen molar-refractivity contribution in [3.63, 3.8) is 0 Å². The Morgan fingerprint density at radius 1 is 1.47 bits per heavy atom. The molecule has 0 radical (unpaired) electrons. The summed E-state index contributed by atoms with van der Waals surface area (Å²) in [6, 6.07) is 4.36. The molecule has 2 rings (SSSR count). The molecule has 1 amide bonds. The fourth-order valence-corrected chi connectivity index (χ4v) is 3.81. The number of ether oxygens (including phenoxy) is 1. The van der Waals surface area contributed by atoms with Crippen LogP contribution >= 0.6 is 0 Å². The number of likely N-dealkylation sites (N-methyl/N-ethyl adjacent to an activating group) is 2. The maximum Gasteiger partial charge on any atom is 0.225 e. The molecule has 8 heteroatoms. The van der Waals surface area contributed by atoms with Crippen molar-refractivity contribution in [1.29, 1.82) is 5.26 Å². The highest BCUT2D eigenvalue weighted by molar-refractivity contribution is 5.77. The van der Waals surface area contributed by atoms with Gasteiger partial charge < -0.3 is 24.8 Å². The van der Waals surface area contributed by atoms with Gasteiger partial charge in [-0.15, -0.1) is 0 Å². The van der Waals surface area contributed by atoms with E-state index in [1.807, 2.05) is 32.0 Å². The van der Waals surface area contributed by atoms with E-state index in [0.29, 0.717) is 38.2 Å². The molecular formula is C22H36N6O2.